The van der Waals surface area contributed by atoms with E-state index >= 15 is 0 Å². The maximum absolute atomic E-state index is 12.7. The third-order valence-corrected chi connectivity index (χ3v) is 5.93. The Bertz CT molecular complexity index is 966. The van der Waals surface area contributed by atoms with Crippen LogP contribution in [0.4, 0.5) is 0 Å². The molecule has 0 amide bonds. The number of furan rings is 1. The monoisotopic (exact) mass is 386 g/mol. The molecule has 0 unspecified atom stereocenters. The second-order valence-corrected chi connectivity index (χ2v) is 7.82. The Morgan fingerprint density at radius 1 is 1.19 bits per heavy atom. The van der Waals surface area contributed by atoms with Gasteiger partial charge in [0.05, 0.1) is 12.8 Å². The molecule has 26 heavy (non-hydrogen) atoms. The molecule has 0 atom stereocenters. The van der Waals surface area contributed by atoms with Gasteiger partial charge in [-0.3, -0.25) is 4.57 Å². The molecule has 0 saturated heterocycles. The van der Waals surface area contributed by atoms with Crippen LogP contribution in [0.5, 0.6) is 0 Å². The summed E-state index contributed by atoms with van der Waals surface area (Å²) in [5.74, 6) is 1.53. The Kier molecular flexibility index (Phi) is 5.18. The predicted octanol–water partition coefficient (Wildman–Crippen LogP) is 4.71. The molecule has 0 bridgehead atoms. The third-order valence-electron chi connectivity index (χ3n) is 4.61. The van der Waals surface area contributed by atoms with Gasteiger partial charge in [0.1, 0.15) is 10.8 Å². The molecule has 6 heteroatoms. The van der Waals surface area contributed by atoms with Crippen LogP contribution in [0, 0.1) is 0 Å². The fourth-order valence-corrected chi connectivity index (χ4v) is 4.60. The lowest BCUT2D eigenvalue weighted by atomic mass is 9.97. The summed E-state index contributed by atoms with van der Waals surface area (Å²) in [5, 5.41) is 1.59. The molecule has 3 aromatic rings. The van der Waals surface area contributed by atoms with Gasteiger partial charge in [-0.2, -0.15) is 4.98 Å². The predicted molar refractivity (Wildman–Crippen MR) is 104 cm³/mol. The zero-order chi connectivity index (χ0) is 17.9. The summed E-state index contributed by atoms with van der Waals surface area (Å²) in [6.07, 6.45) is 5.76. The van der Waals surface area contributed by atoms with Gasteiger partial charge in [0, 0.05) is 22.0 Å². The molecule has 0 radical (unpaired) electrons. The molecule has 0 spiro atoms. The average Bonchev–Trinajstić information content (AvgIpc) is 3.16. The minimum atomic E-state index is -0.198. The first-order valence-electron chi connectivity index (χ1n) is 8.73. The number of nitrogens with zero attached hydrogens (tertiary/aromatic N) is 2. The number of halogens is 1. The normalized spacial score (nSPS) is 13.6. The molecule has 0 N–H and O–H groups in total. The summed E-state index contributed by atoms with van der Waals surface area (Å²) >= 11 is 7.69. The first kappa shape index (κ1) is 17.4. The van der Waals surface area contributed by atoms with Crippen LogP contribution < -0.4 is 5.69 Å². The average molecular weight is 387 g/mol. The van der Waals surface area contributed by atoms with Gasteiger partial charge in [0.25, 0.3) is 0 Å². The number of hydrogen-bond donors (Lipinski definition) is 0. The van der Waals surface area contributed by atoms with Crippen LogP contribution >= 0.6 is 23.4 Å². The largest absolute Gasteiger partial charge is 0.467 e. The maximum atomic E-state index is 12.7. The van der Waals surface area contributed by atoms with E-state index in [9.17, 15) is 4.79 Å². The number of thioether (sulfide) groups is 1. The lowest BCUT2D eigenvalue weighted by Gasteiger charge is -2.22. The molecule has 2 heterocycles. The van der Waals surface area contributed by atoms with Crippen molar-refractivity contribution in [1.82, 2.24) is 9.55 Å². The third kappa shape index (κ3) is 3.74. The minimum Gasteiger partial charge on any atom is -0.467 e. The summed E-state index contributed by atoms with van der Waals surface area (Å²) in [6.45, 7) is 0.445. The van der Waals surface area contributed by atoms with Crippen molar-refractivity contribution < 1.29 is 4.42 Å². The number of aromatic nitrogens is 2. The second kappa shape index (κ2) is 7.72. The van der Waals surface area contributed by atoms with Crippen LogP contribution in [0.2, 0.25) is 5.02 Å². The van der Waals surface area contributed by atoms with E-state index in [1.54, 1.807) is 22.6 Å². The highest BCUT2D eigenvalue weighted by molar-refractivity contribution is 7.98. The SMILES string of the molecule is O=c1nc(SCc2cccc(Cl)c2)c2c(n1Cc1ccco1)CCCC2. The Morgan fingerprint density at radius 2 is 2.08 bits per heavy atom. The minimum absolute atomic E-state index is 0.198. The van der Waals surface area contributed by atoms with Crippen LogP contribution in [-0.4, -0.2) is 9.55 Å². The molecule has 0 fully saturated rings. The number of benzene rings is 1. The smallest absolute Gasteiger partial charge is 0.349 e. The molecule has 4 nitrogen and oxygen atoms in total. The van der Waals surface area contributed by atoms with Crippen molar-refractivity contribution in [3.8, 4) is 0 Å². The van der Waals surface area contributed by atoms with Crippen molar-refractivity contribution in [2.45, 2.75) is 43.0 Å². The summed E-state index contributed by atoms with van der Waals surface area (Å²) in [4.78, 5) is 17.1. The Balaban J connectivity index is 1.65. The number of fused-ring (bicyclic) bond motifs is 1. The van der Waals surface area contributed by atoms with Gasteiger partial charge in [-0.25, -0.2) is 4.79 Å². The van der Waals surface area contributed by atoms with Crippen molar-refractivity contribution in [1.29, 1.82) is 0 Å². The molecule has 0 aliphatic heterocycles. The standard InChI is InChI=1S/C20H19ClN2O2S/c21-15-6-3-5-14(11-15)13-26-19-17-8-1-2-9-18(17)23(20(24)22-19)12-16-7-4-10-25-16/h3-7,10-11H,1-2,8-9,12-13H2. The Hall–Kier alpha value is -1.98. The molecule has 2 aromatic heterocycles. The summed E-state index contributed by atoms with van der Waals surface area (Å²) in [5.41, 5.74) is 3.26. The quantitative estimate of drug-likeness (QED) is 0.470. The van der Waals surface area contributed by atoms with E-state index in [1.807, 2.05) is 36.4 Å². The molecular weight excluding hydrogens is 368 g/mol. The van der Waals surface area contributed by atoms with Crippen molar-refractivity contribution in [3.05, 3.63) is 80.7 Å². The highest BCUT2D eigenvalue weighted by atomic mass is 35.5. The molecule has 1 aliphatic rings. The maximum Gasteiger partial charge on any atom is 0.349 e. The van der Waals surface area contributed by atoms with Gasteiger partial charge in [0.2, 0.25) is 0 Å². The van der Waals surface area contributed by atoms with E-state index in [4.69, 9.17) is 16.0 Å². The highest BCUT2D eigenvalue weighted by Crippen LogP contribution is 2.31. The fraction of sp³-hybridized carbons (Fsp3) is 0.300. The van der Waals surface area contributed by atoms with E-state index in [0.717, 1.165) is 58.5 Å². The Morgan fingerprint density at radius 3 is 2.88 bits per heavy atom. The van der Waals surface area contributed by atoms with Crippen LogP contribution in [-0.2, 0) is 25.1 Å². The summed E-state index contributed by atoms with van der Waals surface area (Å²) in [7, 11) is 0. The summed E-state index contributed by atoms with van der Waals surface area (Å²) < 4.78 is 7.20. The first-order chi connectivity index (χ1) is 12.7. The van der Waals surface area contributed by atoms with Crippen molar-refractivity contribution >= 4 is 23.4 Å². The van der Waals surface area contributed by atoms with Crippen LogP contribution in [0.3, 0.4) is 0 Å². The molecule has 134 valence electrons. The zero-order valence-corrected chi connectivity index (χ0v) is 15.9. The molecule has 1 aromatic carbocycles. The van der Waals surface area contributed by atoms with Gasteiger partial charge in [-0.05, 0) is 55.5 Å². The van der Waals surface area contributed by atoms with Gasteiger partial charge >= 0.3 is 5.69 Å². The van der Waals surface area contributed by atoms with Gasteiger partial charge in [0.15, 0.2) is 0 Å². The number of hydrogen-bond acceptors (Lipinski definition) is 4. The first-order valence-corrected chi connectivity index (χ1v) is 10.1. The lowest BCUT2D eigenvalue weighted by Crippen LogP contribution is -2.30. The van der Waals surface area contributed by atoms with Gasteiger partial charge in [-0.1, -0.05) is 23.7 Å². The van der Waals surface area contributed by atoms with Crippen LogP contribution in [0.25, 0.3) is 0 Å². The number of rotatable bonds is 5. The molecule has 0 saturated carbocycles. The van der Waals surface area contributed by atoms with Crippen molar-refractivity contribution in [3.63, 3.8) is 0 Å². The topological polar surface area (TPSA) is 48.0 Å². The van der Waals surface area contributed by atoms with E-state index in [2.05, 4.69) is 4.98 Å². The molecular formula is C20H19ClN2O2S. The second-order valence-electron chi connectivity index (χ2n) is 6.42. The molecule has 1 aliphatic carbocycles. The van der Waals surface area contributed by atoms with E-state index in [1.165, 1.54) is 5.56 Å². The van der Waals surface area contributed by atoms with Crippen molar-refractivity contribution in [2.75, 3.05) is 0 Å². The van der Waals surface area contributed by atoms with E-state index in [-0.39, 0.29) is 5.69 Å². The van der Waals surface area contributed by atoms with Gasteiger partial charge < -0.3 is 4.42 Å². The van der Waals surface area contributed by atoms with Crippen molar-refractivity contribution in [2.24, 2.45) is 0 Å². The molecule has 4 rings (SSSR count). The van der Waals surface area contributed by atoms with Crippen LogP contribution in [0.1, 0.15) is 35.4 Å². The fourth-order valence-electron chi connectivity index (χ4n) is 3.37. The van der Waals surface area contributed by atoms with E-state index in [0.29, 0.717) is 6.54 Å². The summed E-state index contributed by atoms with van der Waals surface area (Å²) in [6, 6.07) is 11.6. The highest BCUT2D eigenvalue weighted by Gasteiger charge is 2.21. The van der Waals surface area contributed by atoms with Gasteiger partial charge in [-0.15, -0.1) is 11.8 Å². The van der Waals surface area contributed by atoms with Crippen LogP contribution in [0.15, 0.2) is 56.9 Å². The Labute approximate surface area is 161 Å². The lowest BCUT2D eigenvalue weighted by molar-refractivity contribution is 0.471. The zero-order valence-electron chi connectivity index (χ0n) is 14.3. The van der Waals surface area contributed by atoms with E-state index < -0.39 is 0 Å².